The maximum atomic E-state index is 11.9. The molecule has 1 fully saturated rings. The zero-order valence-corrected chi connectivity index (χ0v) is 5.76. The lowest BCUT2D eigenvalue weighted by Crippen LogP contribution is -2.42. The molecule has 10 heavy (non-hydrogen) atoms. The van der Waals surface area contributed by atoms with Gasteiger partial charge in [-0.15, -0.1) is 0 Å². The van der Waals surface area contributed by atoms with Gasteiger partial charge in [0.1, 0.15) is 0 Å². The monoisotopic (exact) mass is 150 g/mol. The molecule has 1 aliphatic rings. The molecule has 1 saturated heterocycles. The summed E-state index contributed by atoms with van der Waals surface area (Å²) in [5.74, 6) is 0. The third-order valence-electron chi connectivity index (χ3n) is 1.85. The zero-order valence-electron chi connectivity index (χ0n) is 5.76. The number of likely N-dealkylation sites (tertiary alicyclic amines) is 1. The third-order valence-corrected chi connectivity index (χ3v) is 1.85. The maximum absolute atomic E-state index is 11.9. The van der Waals surface area contributed by atoms with Crippen molar-refractivity contribution < 1.29 is 8.78 Å². The molecular weight excluding hydrogens is 138 g/mol. The molecular formula is C6H12F2N2. The minimum atomic E-state index is -2.30. The second kappa shape index (κ2) is 3.25. The average molecular weight is 150 g/mol. The van der Waals surface area contributed by atoms with Gasteiger partial charge in [0, 0.05) is 19.1 Å². The van der Waals surface area contributed by atoms with E-state index in [2.05, 4.69) is 0 Å². The fourth-order valence-electron chi connectivity index (χ4n) is 1.11. The van der Waals surface area contributed by atoms with Crippen molar-refractivity contribution in [1.29, 1.82) is 0 Å². The number of halogens is 2. The van der Waals surface area contributed by atoms with Crippen molar-refractivity contribution in [3.63, 3.8) is 0 Å². The van der Waals surface area contributed by atoms with Crippen LogP contribution in [-0.4, -0.2) is 30.6 Å². The lowest BCUT2D eigenvalue weighted by atomic mass is 10.1. The summed E-state index contributed by atoms with van der Waals surface area (Å²) in [4.78, 5) is 1.16. The van der Waals surface area contributed by atoms with Gasteiger partial charge in [0.05, 0.1) is 0 Å². The Morgan fingerprint density at radius 3 is 2.20 bits per heavy atom. The van der Waals surface area contributed by atoms with Crippen LogP contribution in [0.15, 0.2) is 0 Å². The van der Waals surface area contributed by atoms with Gasteiger partial charge in [-0.25, -0.2) is 4.90 Å². The Bertz CT molecular complexity index is 99.9. The van der Waals surface area contributed by atoms with Crippen molar-refractivity contribution in [3.8, 4) is 0 Å². The van der Waals surface area contributed by atoms with Crippen molar-refractivity contribution >= 4 is 0 Å². The standard InChI is InChI=1S/C6H12F2N2/c7-6(8)10-3-1-5(9)2-4-10/h5-6H,1-4,9H2. The van der Waals surface area contributed by atoms with Gasteiger partial charge in [0.25, 0.3) is 6.55 Å². The molecule has 0 aromatic carbocycles. The number of hydrogen-bond acceptors (Lipinski definition) is 2. The van der Waals surface area contributed by atoms with E-state index in [0.717, 1.165) is 4.90 Å². The number of piperidine rings is 1. The molecule has 0 radical (unpaired) electrons. The van der Waals surface area contributed by atoms with Gasteiger partial charge in [-0.2, -0.15) is 8.78 Å². The minimum Gasteiger partial charge on any atom is -0.328 e. The van der Waals surface area contributed by atoms with Crippen LogP contribution in [0.25, 0.3) is 0 Å². The Hall–Kier alpha value is -0.220. The van der Waals surface area contributed by atoms with E-state index in [1.807, 2.05) is 0 Å². The quantitative estimate of drug-likeness (QED) is 0.555. The van der Waals surface area contributed by atoms with E-state index < -0.39 is 6.55 Å². The summed E-state index contributed by atoms with van der Waals surface area (Å²) in [7, 11) is 0. The first kappa shape index (κ1) is 7.88. The lowest BCUT2D eigenvalue weighted by molar-refractivity contribution is -0.0392. The largest absolute Gasteiger partial charge is 0.328 e. The first-order chi connectivity index (χ1) is 4.70. The van der Waals surface area contributed by atoms with E-state index in [1.165, 1.54) is 0 Å². The molecule has 0 spiro atoms. The smallest absolute Gasteiger partial charge is 0.294 e. The zero-order chi connectivity index (χ0) is 7.56. The number of rotatable bonds is 1. The predicted octanol–water partition coefficient (Wildman–Crippen LogP) is 0.632. The molecule has 1 heterocycles. The Kier molecular flexibility index (Phi) is 2.56. The van der Waals surface area contributed by atoms with Crippen LogP contribution in [0.3, 0.4) is 0 Å². The predicted molar refractivity (Wildman–Crippen MR) is 34.8 cm³/mol. The second-order valence-electron chi connectivity index (χ2n) is 2.65. The molecule has 2 N–H and O–H groups in total. The Morgan fingerprint density at radius 2 is 1.80 bits per heavy atom. The Morgan fingerprint density at radius 1 is 1.30 bits per heavy atom. The Labute approximate surface area is 59.0 Å². The van der Waals surface area contributed by atoms with E-state index >= 15 is 0 Å². The van der Waals surface area contributed by atoms with Crippen LogP contribution < -0.4 is 5.73 Å². The maximum Gasteiger partial charge on any atom is 0.294 e. The summed E-state index contributed by atoms with van der Waals surface area (Å²) in [5, 5.41) is 0. The minimum absolute atomic E-state index is 0.134. The van der Waals surface area contributed by atoms with Crippen LogP contribution in [-0.2, 0) is 0 Å². The molecule has 0 bridgehead atoms. The SMILES string of the molecule is NC1CCN(C(F)F)CC1. The molecule has 1 rings (SSSR count). The van der Waals surface area contributed by atoms with E-state index in [9.17, 15) is 8.78 Å². The average Bonchev–Trinajstić information content (AvgIpc) is 1.88. The van der Waals surface area contributed by atoms with Gasteiger partial charge >= 0.3 is 0 Å². The first-order valence-corrected chi connectivity index (χ1v) is 3.48. The molecule has 2 nitrogen and oxygen atoms in total. The highest BCUT2D eigenvalue weighted by atomic mass is 19.3. The van der Waals surface area contributed by atoms with Gasteiger partial charge < -0.3 is 5.73 Å². The van der Waals surface area contributed by atoms with E-state index in [1.54, 1.807) is 0 Å². The second-order valence-corrected chi connectivity index (χ2v) is 2.65. The van der Waals surface area contributed by atoms with E-state index in [0.29, 0.717) is 25.9 Å². The van der Waals surface area contributed by atoms with Crippen molar-refractivity contribution in [2.45, 2.75) is 25.4 Å². The van der Waals surface area contributed by atoms with Crippen LogP contribution in [0.2, 0.25) is 0 Å². The van der Waals surface area contributed by atoms with Crippen LogP contribution in [0, 0.1) is 0 Å². The van der Waals surface area contributed by atoms with Gasteiger partial charge in [-0.1, -0.05) is 0 Å². The Balaban J connectivity index is 2.26. The lowest BCUT2D eigenvalue weighted by Gasteiger charge is -2.28. The van der Waals surface area contributed by atoms with E-state index in [4.69, 9.17) is 5.73 Å². The summed E-state index contributed by atoms with van der Waals surface area (Å²) in [6, 6.07) is 0.134. The molecule has 60 valence electrons. The van der Waals surface area contributed by atoms with Crippen molar-refractivity contribution in [3.05, 3.63) is 0 Å². The number of nitrogens with zero attached hydrogens (tertiary/aromatic N) is 1. The van der Waals surface area contributed by atoms with Crippen LogP contribution in [0.4, 0.5) is 8.78 Å². The fraction of sp³-hybridized carbons (Fsp3) is 1.00. The number of hydrogen-bond donors (Lipinski definition) is 1. The van der Waals surface area contributed by atoms with Gasteiger partial charge in [-0.3, -0.25) is 0 Å². The van der Waals surface area contributed by atoms with Crippen molar-refractivity contribution in [2.24, 2.45) is 5.73 Å². The summed E-state index contributed by atoms with van der Waals surface area (Å²) < 4.78 is 23.9. The van der Waals surface area contributed by atoms with Crippen molar-refractivity contribution in [2.75, 3.05) is 13.1 Å². The summed E-state index contributed by atoms with van der Waals surface area (Å²) in [6.45, 7) is -1.41. The first-order valence-electron chi connectivity index (χ1n) is 3.48. The topological polar surface area (TPSA) is 29.3 Å². The highest BCUT2D eigenvalue weighted by Crippen LogP contribution is 2.12. The summed E-state index contributed by atoms with van der Waals surface area (Å²) >= 11 is 0. The van der Waals surface area contributed by atoms with Gasteiger partial charge in [-0.05, 0) is 12.8 Å². The molecule has 0 aliphatic carbocycles. The fourth-order valence-corrected chi connectivity index (χ4v) is 1.11. The summed E-state index contributed by atoms with van der Waals surface area (Å²) in [5.41, 5.74) is 5.53. The highest BCUT2D eigenvalue weighted by Gasteiger charge is 2.21. The normalized spacial score (nSPS) is 24.0. The third kappa shape index (κ3) is 1.88. The van der Waals surface area contributed by atoms with Gasteiger partial charge in [0.2, 0.25) is 0 Å². The molecule has 0 atom stereocenters. The van der Waals surface area contributed by atoms with Gasteiger partial charge in [0.15, 0.2) is 0 Å². The molecule has 0 aromatic heterocycles. The summed E-state index contributed by atoms with van der Waals surface area (Å²) in [6.07, 6.45) is 1.40. The molecule has 0 amide bonds. The van der Waals surface area contributed by atoms with E-state index in [-0.39, 0.29) is 6.04 Å². The molecule has 0 unspecified atom stereocenters. The van der Waals surface area contributed by atoms with Crippen LogP contribution in [0.1, 0.15) is 12.8 Å². The molecule has 1 aliphatic heterocycles. The molecule has 0 saturated carbocycles. The molecule has 4 heteroatoms. The number of alkyl halides is 2. The number of nitrogens with two attached hydrogens (primary N) is 1. The highest BCUT2D eigenvalue weighted by molar-refractivity contribution is 4.72. The van der Waals surface area contributed by atoms with Crippen molar-refractivity contribution in [1.82, 2.24) is 4.90 Å². The van der Waals surface area contributed by atoms with Crippen LogP contribution in [0.5, 0.6) is 0 Å². The van der Waals surface area contributed by atoms with Crippen LogP contribution >= 0.6 is 0 Å². The molecule has 0 aromatic rings.